The molecular weight excluding hydrogens is 244 g/mol. The van der Waals surface area contributed by atoms with Crippen molar-refractivity contribution in [2.45, 2.75) is 26.3 Å². The maximum Gasteiger partial charge on any atom is 0.272 e. The number of hydrogen-bond acceptors (Lipinski definition) is 5. The third-order valence-electron chi connectivity index (χ3n) is 2.56. The Morgan fingerprint density at radius 2 is 2.26 bits per heavy atom. The van der Waals surface area contributed by atoms with Gasteiger partial charge in [0, 0.05) is 12.1 Å². The highest BCUT2D eigenvalue weighted by molar-refractivity contribution is 5.96. The Morgan fingerprint density at radius 3 is 2.89 bits per heavy atom. The van der Waals surface area contributed by atoms with Crippen LogP contribution < -0.4 is 11.1 Å². The molecule has 0 atom stereocenters. The second kappa shape index (κ2) is 5.47. The van der Waals surface area contributed by atoms with Crippen LogP contribution in [0.25, 0.3) is 0 Å². The summed E-state index contributed by atoms with van der Waals surface area (Å²) < 4.78 is 0. The first-order valence-electron chi connectivity index (χ1n) is 5.95. The van der Waals surface area contributed by atoms with Crippen LogP contribution in [0.5, 0.6) is 0 Å². The molecule has 1 amide bonds. The van der Waals surface area contributed by atoms with E-state index in [-0.39, 0.29) is 23.2 Å². The summed E-state index contributed by atoms with van der Waals surface area (Å²) in [5.41, 5.74) is 7.02. The van der Waals surface area contributed by atoms with Gasteiger partial charge in [-0.15, -0.1) is 0 Å². The number of imidazole rings is 1. The number of rotatable bonds is 4. The maximum atomic E-state index is 12.0. The highest BCUT2D eigenvalue weighted by Gasteiger charge is 2.14. The molecule has 19 heavy (non-hydrogen) atoms. The van der Waals surface area contributed by atoms with Gasteiger partial charge in [-0.25, -0.2) is 15.0 Å². The topological polar surface area (TPSA) is 110 Å². The highest BCUT2D eigenvalue weighted by atomic mass is 16.1. The van der Waals surface area contributed by atoms with E-state index in [0.29, 0.717) is 12.4 Å². The van der Waals surface area contributed by atoms with Crippen molar-refractivity contribution in [3.05, 3.63) is 35.9 Å². The molecule has 0 aliphatic carbocycles. The zero-order chi connectivity index (χ0) is 13.8. The van der Waals surface area contributed by atoms with Gasteiger partial charge in [-0.3, -0.25) is 4.79 Å². The van der Waals surface area contributed by atoms with Gasteiger partial charge in [0.05, 0.1) is 30.5 Å². The van der Waals surface area contributed by atoms with E-state index in [1.54, 1.807) is 12.5 Å². The molecule has 0 aromatic carbocycles. The fourth-order valence-electron chi connectivity index (χ4n) is 1.51. The molecular formula is C12H16N6O. The molecule has 0 aliphatic rings. The zero-order valence-electron chi connectivity index (χ0n) is 10.8. The van der Waals surface area contributed by atoms with Crippen LogP contribution in [-0.2, 0) is 6.54 Å². The monoisotopic (exact) mass is 260 g/mol. The second-order valence-corrected chi connectivity index (χ2v) is 4.45. The molecule has 0 saturated heterocycles. The number of nitrogen functional groups attached to an aromatic ring is 1. The molecule has 4 N–H and O–H groups in total. The second-order valence-electron chi connectivity index (χ2n) is 4.45. The molecule has 2 heterocycles. The number of H-pyrrole nitrogens is 1. The molecule has 0 radical (unpaired) electrons. The quantitative estimate of drug-likeness (QED) is 0.754. The molecule has 0 aliphatic heterocycles. The van der Waals surface area contributed by atoms with Crippen LogP contribution in [0.4, 0.5) is 5.69 Å². The van der Waals surface area contributed by atoms with Crippen LogP contribution >= 0.6 is 0 Å². The fraction of sp³-hybridized carbons (Fsp3) is 0.333. The summed E-state index contributed by atoms with van der Waals surface area (Å²) in [6.07, 6.45) is 4.66. The number of nitrogens with one attached hydrogen (secondary N) is 2. The van der Waals surface area contributed by atoms with E-state index in [2.05, 4.69) is 25.3 Å². The summed E-state index contributed by atoms with van der Waals surface area (Å²) in [4.78, 5) is 27.1. The van der Waals surface area contributed by atoms with Crippen molar-refractivity contribution in [1.82, 2.24) is 25.3 Å². The summed E-state index contributed by atoms with van der Waals surface area (Å²) in [6, 6.07) is 0. The van der Waals surface area contributed by atoms with Gasteiger partial charge in [0.15, 0.2) is 5.69 Å². The van der Waals surface area contributed by atoms with Crippen molar-refractivity contribution in [3.8, 4) is 0 Å². The van der Waals surface area contributed by atoms with E-state index >= 15 is 0 Å². The summed E-state index contributed by atoms with van der Waals surface area (Å²) >= 11 is 0. The third-order valence-corrected chi connectivity index (χ3v) is 2.56. The molecule has 0 fully saturated rings. The molecule has 100 valence electrons. The van der Waals surface area contributed by atoms with Crippen molar-refractivity contribution in [1.29, 1.82) is 0 Å². The van der Waals surface area contributed by atoms with Crippen LogP contribution in [0, 0.1) is 0 Å². The standard InChI is InChI=1S/C12H16N6O/c1-7(2)11-15-5-9(13)10(18-11)12(19)16-4-8-3-14-6-17-8/h3,5-7H,4,13H2,1-2H3,(H,14,17)(H,16,19). The van der Waals surface area contributed by atoms with Gasteiger partial charge in [-0.05, 0) is 0 Å². The van der Waals surface area contributed by atoms with Crippen LogP contribution in [0.1, 0.15) is 41.8 Å². The molecule has 7 heteroatoms. The summed E-state index contributed by atoms with van der Waals surface area (Å²) in [7, 11) is 0. The van der Waals surface area contributed by atoms with Gasteiger partial charge < -0.3 is 16.0 Å². The molecule has 2 rings (SSSR count). The molecule has 0 unspecified atom stereocenters. The number of anilines is 1. The number of hydrogen-bond donors (Lipinski definition) is 3. The third kappa shape index (κ3) is 3.06. The molecule has 0 saturated carbocycles. The number of carbonyl (C=O) groups excluding carboxylic acids is 1. The summed E-state index contributed by atoms with van der Waals surface area (Å²) in [5.74, 6) is 0.414. The Bertz CT molecular complexity index is 564. The lowest BCUT2D eigenvalue weighted by atomic mass is 10.2. The van der Waals surface area contributed by atoms with Gasteiger partial charge in [-0.2, -0.15) is 0 Å². The Morgan fingerprint density at radius 1 is 1.47 bits per heavy atom. The van der Waals surface area contributed by atoms with Crippen molar-refractivity contribution < 1.29 is 4.79 Å². The van der Waals surface area contributed by atoms with Gasteiger partial charge in [0.1, 0.15) is 5.82 Å². The van der Waals surface area contributed by atoms with Crippen molar-refractivity contribution in [2.24, 2.45) is 0 Å². The lowest BCUT2D eigenvalue weighted by molar-refractivity contribution is 0.0946. The first-order chi connectivity index (χ1) is 9.08. The molecule has 7 nitrogen and oxygen atoms in total. The zero-order valence-corrected chi connectivity index (χ0v) is 10.8. The SMILES string of the molecule is CC(C)c1ncc(N)c(C(=O)NCc2cnc[nH]2)n1. The summed E-state index contributed by atoms with van der Waals surface area (Å²) in [5, 5.41) is 2.73. The minimum Gasteiger partial charge on any atom is -0.396 e. The average molecular weight is 260 g/mol. The van der Waals surface area contributed by atoms with Crippen LogP contribution in [-0.4, -0.2) is 25.8 Å². The maximum absolute atomic E-state index is 12.0. The van der Waals surface area contributed by atoms with E-state index in [0.717, 1.165) is 5.69 Å². The van der Waals surface area contributed by atoms with Crippen molar-refractivity contribution in [2.75, 3.05) is 5.73 Å². The van der Waals surface area contributed by atoms with Crippen LogP contribution in [0.3, 0.4) is 0 Å². The number of aromatic nitrogens is 4. The Balaban J connectivity index is 2.11. The van der Waals surface area contributed by atoms with E-state index in [1.807, 2.05) is 13.8 Å². The van der Waals surface area contributed by atoms with Gasteiger partial charge in [0.25, 0.3) is 5.91 Å². The minimum atomic E-state index is -0.323. The normalized spacial score (nSPS) is 10.7. The number of carbonyl (C=O) groups is 1. The van der Waals surface area contributed by atoms with E-state index < -0.39 is 0 Å². The number of aromatic amines is 1. The van der Waals surface area contributed by atoms with E-state index in [4.69, 9.17) is 5.73 Å². The Kier molecular flexibility index (Phi) is 3.74. The Labute approximate surface area is 110 Å². The van der Waals surface area contributed by atoms with E-state index in [9.17, 15) is 4.79 Å². The smallest absolute Gasteiger partial charge is 0.272 e. The van der Waals surface area contributed by atoms with E-state index in [1.165, 1.54) is 6.20 Å². The van der Waals surface area contributed by atoms with Crippen molar-refractivity contribution in [3.63, 3.8) is 0 Å². The van der Waals surface area contributed by atoms with Crippen molar-refractivity contribution >= 4 is 11.6 Å². The highest BCUT2D eigenvalue weighted by Crippen LogP contribution is 2.13. The molecule has 0 bridgehead atoms. The van der Waals surface area contributed by atoms with Gasteiger partial charge >= 0.3 is 0 Å². The van der Waals surface area contributed by atoms with Crippen LogP contribution in [0.2, 0.25) is 0 Å². The lowest BCUT2D eigenvalue weighted by Gasteiger charge is -2.09. The number of amides is 1. The number of nitrogens with zero attached hydrogens (tertiary/aromatic N) is 3. The first-order valence-corrected chi connectivity index (χ1v) is 5.95. The van der Waals surface area contributed by atoms with Gasteiger partial charge in [0.2, 0.25) is 0 Å². The first kappa shape index (κ1) is 13.0. The number of nitrogens with two attached hydrogens (primary N) is 1. The predicted octanol–water partition coefficient (Wildman–Crippen LogP) is 0.835. The summed E-state index contributed by atoms with van der Waals surface area (Å²) in [6.45, 7) is 4.26. The van der Waals surface area contributed by atoms with Crippen LogP contribution in [0.15, 0.2) is 18.7 Å². The molecule has 2 aromatic heterocycles. The largest absolute Gasteiger partial charge is 0.396 e. The molecule has 2 aromatic rings. The van der Waals surface area contributed by atoms with Gasteiger partial charge in [-0.1, -0.05) is 13.8 Å². The fourth-order valence-corrected chi connectivity index (χ4v) is 1.51. The average Bonchev–Trinajstić information content (AvgIpc) is 2.89. The lowest BCUT2D eigenvalue weighted by Crippen LogP contribution is -2.26. The minimum absolute atomic E-state index is 0.139. The Hall–Kier alpha value is -2.44. The molecule has 0 spiro atoms. The predicted molar refractivity (Wildman–Crippen MR) is 70.3 cm³/mol.